The summed E-state index contributed by atoms with van der Waals surface area (Å²) < 4.78 is 5.90. The van der Waals surface area contributed by atoms with Crippen LogP contribution < -0.4 is 4.74 Å². The van der Waals surface area contributed by atoms with Crippen molar-refractivity contribution >= 4 is 27.8 Å². The lowest BCUT2D eigenvalue weighted by atomic mass is 9.87. The molecule has 7 heteroatoms. The largest absolute Gasteiger partial charge is 0.493 e. The van der Waals surface area contributed by atoms with Crippen LogP contribution in [0.3, 0.4) is 0 Å². The van der Waals surface area contributed by atoms with Gasteiger partial charge in [0.25, 0.3) is 0 Å². The fraction of sp³-hybridized carbons (Fsp3) is 0.250. The highest BCUT2D eigenvalue weighted by atomic mass is 16.5. The van der Waals surface area contributed by atoms with E-state index in [2.05, 4.69) is 4.98 Å². The van der Waals surface area contributed by atoms with E-state index in [-0.39, 0.29) is 6.42 Å². The van der Waals surface area contributed by atoms with E-state index in [1.54, 1.807) is 33.2 Å². The van der Waals surface area contributed by atoms with Gasteiger partial charge in [-0.3, -0.25) is 14.8 Å². The highest BCUT2D eigenvalue weighted by Gasteiger charge is 2.22. The van der Waals surface area contributed by atoms with E-state index in [9.17, 15) is 9.90 Å². The SMILES string of the molecule is CC(C)(C)O.Cc1cc2nc(-c3cccnc3)ccc2c(-c2ccc3c4c(ccnc24)CCO3)c1CC(=O)O. The Kier molecular flexibility index (Phi) is 7.02. The van der Waals surface area contributed by atoms with Crippen molar-refractivity contribution in [3.05, 3.63) is 83.8 Å². The Labute approximate surface area is 227 Å². The highest BCUT2D eigenvalue weighted by molar-refractivity contribution is 6.08. The molecule has 4 heterocycles. The summed E-state index contributed by atoms with van der Waals surface area (Å²) in [6.45, 7) is 7.82. The third-order valence-electron chi connectivity index (χ3n) is 6.45. The molecule has 0 saturated carbocycles. The number of fused-ring (bicyclic) bond motifs is 1. The molecule has 0 bridgehead atoms. The van der Waals surface area contributed by atoms with Crippen molar-refractivity contribution < 1.29 is 19.7 Å². The number of aromatic nitrogens is 3. The van der Waals surface area contributed by atoms with E-state index in [1.165, 1.54) is 5.56 Å². The van der Waals surface area contributed by atoms with Crippen molar-refractivity contribution in [3.63, 3.8) is 0 Å². The van der Waals surface area contributed by atoms with Gasteiger partial charge in [0.2, 0.25) is 0 Å². The molecule has 39 heavy (non-hydrogen) atoms. The molecule has 0 unspecified atom stereocenters. The molecule has 3 aromatic heterocycles. The smallest absolute Gasteiger partial charge is 0.307 e. The molecule has 1 aliphatic heterocycles. The number of aliphatic carboxylic acids is 1. The fourth-order valence-corrected chi connectivity index (χ4v) is 4.91. The van der Waals surface area contributed by atoms with Crippen LogP contribution >= 0.6 is 0 Å². The summed E-state index contributed by atoms with van der Waals surface area (Å²) in [7, 11) is 0. The zero-order valence-electron chi connectivity index (χ0n) is 22.5. The monoisotopic (exact) mass is 521 g/mol. The van der Waals surface area contributed by atoms with Crippen molar-refractivity contribution in [2.75, 3.05) is 6.61 Å². The normalized spacial score (nSPS) is 12.5. The molecule has 2 aromatic carbocycles. The number of nitrogens with zero attached hydrogens (tertiary/aromatic N) is 3. The second-order valence-electron chi connectivity index (χ2n) is 10.7. The lowest BCUT2D eigenvalue weighted by Gasteiger charge is -2.21. The number of ether oxygens (including phenoxy) is 1. The summed E-state index contributed by atoms with van der Waals surface area (Å²) in [6.07, 6.45) is 6.09. The zero-order valence-corrected chi connectivity index (χ0v) is 22.5. The van der Waals surface area contributed by atoms with Gasteiger partial charge in [0.1, 0.15) is 5.75 Å². The molecule has 2 N–H and O–H groups in total. The molecule has 0 spiro atoms. The molecular weight excluding hydrogens is 490 g/mol. The Hall–Kier alpha value is -4.36. The van der Waals surface area contributed by atoms with E-state index in [0.717, 1.165) is 67.5 Å². The van der Waals surface area contributed by atoms with Crippen molar-refractivity contribution in [2.24, 2.45) is 0 Å². The van der Waals surface area contributed by atoms with Gasteiger partial charge in [-0.25, -0.2) is 4.98 Å². The second kappa shape index (κ2) is 10.4. The van der Waals surface area contributed by atoms with Gasteiger partial charge in [-0.2, -0.15) is 0 Å². The molecule has 198 valence electrons. The van der Waals surface area contributed by atoms with E-state index in [4.69, 9.17) is 19.8 Å². The lowest BCUT2D eigenvalue weighted by Crippen LogP contribution is -2.10. The van der Waals surface area contributed by atoms with Crippen LogP contribution in [0.5, 0.6) is 5.75 Å². The predicted molar refractivity (Wildman–Crippen MR) is 153 cm³/mol. The quantitative estimate of drug-likeness (QED) is 0.292. The van der Waals surface area contributed by atoms with Crippen molar-refractivity contribution in [1.82, 2.24) is 15.0 Å². The first-order valence-electron chi connectivity index (χ1n) is 12.9. The highest BCUT2D eigenvalue weighted by Crippen LogP contribution is 2.42. The first-order valence-corrected chi connectivity index (χ1v) is 12.9. The number of aliphatic hydroxyl groups is 1. The molecular formula is C32H31N3O4. The number of benzene rings is 2. The van der Waals surface area contributed by atoms with Crippen LogP contribution in [-0.2, 0) is 17.6 Å². The third kappa shape index (κ3) is 5.59. The zero-order chi connectivity index (χ0) is 27.7. The first kappa shape index (κ1) is 26.3. The number of pyridine rings is 3. The molecule has 0 saturated heterocycles. The minimum atomic E-state index is -0.873. The van der Waals surface area contributed by atoms with Crippen LogP contribution in [0.25, 0.3) is 44.2 Å². The van der Waals surface area contributed by atoms with Gasteiger partial charge >= 0.3 is 5.97 Å². The van der Waals surface area contributed by atoms with Gasteiger partial charge in [0.15, 0.2) is 0 Å². The van der Waals surface area contributed by atoms with Crippen LogP contribution in [0.1, 0.15) is 37.5 Å². The third-order valence-corrected chi connectivity index (χ3v) is 6.45. The predicted octanol–water partition coefficient (Wildman–Crippen LogP) is 6.16. The van der Waals surface area contributed by atoms with Crippen LogP contribution in [0, 0.1) is 6.92 Å². The Bertz CT molecular complexity index is 1680. The van der Waals surface area contributed by atoms with Crippen LogP contribution in [-0.4, -0.2) is 43.3 Å². The van der Waals surface area contributed by atoms with Gasteiger partial charge in [-0.15, -0.1) is 0 Å². The summed E-state index contributed by atoms with van der Waals surface area (Å²) in [5.74, 6) is -0.0514. The van der Waals surface area contributed by atoms with Gasteiger partial charge < -0.3 is 14.9 Å². The molecule has 5 aromatic rings. The van der Waals surface area contributed by atoms with E-state index >= 15 is 0 Å². The minimum Gasteiger partial charge on any atom is -0.493 e. The standard InChI is InChI=1S/C28H21N3O3.C4H10O/c1-16-13-23-19(4-6-22(31-23)18-3-2-10-29-15-18)27(21(16)14-25(32)33)20-5-7-24-26-17(9-12-34-24)8-11-30-28(20)26;1-4(2,3)5/h2-8,10-11,13,15H,9,12,14H2,1H3,(H,32,33);5H,1-3H3. The number of aryl methyl sites for hydroxylation is 1. The number of carboxylic acid groups (broad SMARTS) is 1. The summed E-state index contributed by atoms with van der Waals surface area (Å²) in [5, 5.41) is 20.1. The number of rotatable bonds is 4. The molecule has 0 fully saturated rings. The van der Waals surface area contributed by atoms with Crippen LogP contribution in [0.15, 0.2) is 67.1 Å². The van der Waals surface area contributed by atoms with Crippen molar-refractivity contribution in [1.29, 1.82) is 0 Å². The minimum absolute atomic E-state index is 0.0824. The van der Waals surface area contributed by atoms with Gasteiger partial charge in [-0.05, 0) is 92.4 Å². The Balaban J connectivity index is 0.000000567. The summed E-state index contributed by atoms with van der Waals surface area (Å²) >= 11 is 0. The Morgan fingerprint density at radius 2 is 1.87 bits per heavy atom. The van der Waals surface area contributed by atoms with Gasteiger partial charge in [-0.1, -0.05) is 6.07 Å². The number of carboxylic acids is 1. The van der Waals surface area contributed by atoms with Gasteiger partial charge in [0.05, 0.1) is 35.4 Å². The molecule has 0 atom stereocenters. The van der Waals surface area contributed by atoms with Gasteiger partial charge in [0, 0.05) is 46.9 Å². The average molecular weight is 522 g/mol. The molecule has 0 radical (unpaired) electrons. The van der Waals surface area contributed by atoms with Crippen molar-refractivity contribution in [2.45, 2.75) is 46.1 Å². The second-order valence-corrected chi connectivity index (χ2v) is 10.7. The molecule has 6 rings (SSSR count). The van der Waals surface area contributed by atoms with E-state index in [1.807, 2.05) is 61.7 Å². The van der Waals surface area contributed by atoms with Crippen LogP contribution in [0.2, 0.25) is 0 Å². The fourth-order valence-electron chi connectivity index (χ4n) is 4.91. The maximum absolute atomic E-state index is 11.8. The Morgan fingerprint density at radius 1 is 1.08 bits per heavy atom. The summed E-state index contributed by atoms with van der Waals surface area (Å²) in [6, 6.07) is 15.8. The number of hydrogen-bond donors (Lipinski definition) is 2. The van der Waals surface area contributed by atoms with E-state index in [0.29, 0.717) is 6.61 Å². The summed E-state index contributed by atoms with van der Waals surface area (Å²) in [4.78, 5) is 25.7. The van der Waals surface area contributed by atoms with E-state index < -0.39 is 11.6 Å². The maximum atomic E-state index is 11.8. The maximum Gasteiger partial charge on any atom is 0.307 e. The summed E-state index contributed by atoms with van der Waals surface area (Å²) in [5.41, 5.74) is 7.49. The molecule has 0 amide bonds. The average Bonchev–Trinajstić information content (AvgIpc) is 2.89. The Morgan fingerprint density at radius 3 is 2.59 bits per heavy atom. The topological polar surface area (TPSA) is 105 Å². The first-order chi connectivity index (χ1) is 18.6. The van der Waals surface area contributed by atoms with Crippen molar-refractivity contribution in [3.8, 4) is 28.1 Å². The number of hydrogen-bond acceptors (Lipinski definition) is 6. The van der Waals surface area contributed by atoms with Crippen LogP contribution in [0.4, 0.5) is 0 Å². The molecule has 7 nitrogen and oxygen atoms in total. The lowest BCUT2D eigenvalue weighted by molar-refractivity contribution is -0.136. The molecule has 1 aliphatic rings. The number of carbonyl (C=O) groups is 1. The molecule has 0 aliphatic carbocycles.